The van der Waals surface area contributed by atoms with E-state index in [0.717, 1.165) is 13.1 Å². The second kappa shape index (κ2) is 10.5. The highest BCUT2D eigenvalue weighted by molar-refractivity contribution is 7.89. The third kappa shape index (κ3) is 6.03. The highest BCUT2D eigenvalue weighted by Gasteiger charge is 2.26. The first kappa shape index (κ1) is 23.6. The molecule has 0 bridgehead atoms. The van der Waals surface area contributed by atoms with Gasteiger partial charge in [0.15, 0.2) is 0 Å². The molecule has 1 atom stereocenters. The monoisotopic (exact) mass is 467 g/mol. The molecule has 3 rings (SSSR count). The molecule has 1 N–H and O–H groups in total. The first-order valence-electron chi connectivity index (χ1n) is 9.80. The molecule has 2 aromatic carbocycles. The van der Waals surface area contributed by atoms with Crippen LogP contribution in [0.4, 0.5) is 0 Å². The summed E-state index contributed by atoms with van der Waals surface area (Å²) in [5.41, 5.74) is 1.41. The Labute approximate surface area is 187 Å². The topological polar surface area (TPSA) is 88.2 Å². The lowest BCUT2D eigenvalue weighted by molar-refractivity contribution is -0.0292. The van der Waals surface area contributed by atoms with Crippen LogP contribution >= 0.6 is 11.6 Å². The maximum Gasteiger partial charge on any atom is 0.266 e. The molecule has 31 heavy (non-hydrogen) atoms. The van der Waals surface area contributed by atoms with Crippen molar-refractivity contribution in [2.75, 3.05) is 40.4 Å². The van der Waals surface area contributed by atoms with Gasteiger partial charge in [-0.05, 0) is 23.8 Å². The van der Waals surface area contributed by atoms with Crippen LogP contribution < -0.4 is 5.32 Å². The van der Waals surface area contributed by atoms with E-state index in [2.05, 4.69) is 22.3 Å². The number of halogens is 1. The Kier molecular flexibility index (Phi) is 8.04. The molecule has 1 aliphatic rings. The van der Waals surface area contributed by atoms with E-state index in [-0.39, 0.29) is 21.6 Å². The number of rotatable bonds is 8. The predicted molar refractivity (Wildman–Crippen MR) is 117 cm³/mol. The summed E-state index contributed by atoms with van der Waals surface area (Å²) in [6.07, 6.45) is -0.156. The molecule has 0 spiro atoms. The Hall–Kier alpha value is -2.01. The average Bonchev–Trinajstić information content (AvgIpc) is 2.78. The normalized spacial score (nSPS) is 17.6. The molecule has 8 nitrogen and oxygen atoms in total. The molecule has 2 aromatic rings. The lowest BCUT2D eigenvalue weighted by atomic mass is 10.2. The molecule has 0 radical (unpaired) electrons. The van der Waals surface area contributed by atoms with Gasteiger partial charge in [0.25, 0.3) is 15.9 Å². The Morgan fingerprint density at radius 1 is 1.29 bits per heavy atom. The summed E-state index contributed by atoms with van der Waals surface area (Å²) in [6, 6.07) is 14.3. The van der Waals surface area contributed by atoms with E-state index in [1.165, 1.54) is 37.9 Å². The summed E-state index contributed by atoms with van der Waals surface area (Å²) in [5, 5.41) is 2.83. The van der Waals surface area contributed by atoms with Gasteiger partial charge in [-0.3, -0.25) is 14.5 Å². The number of sulfonamides is 1. The molecule has 1 heterocycles. The number of carbonyl (C=O) groups is 1. The van der Waals surface area contributed by atoms with Crippen LogP contribution in [0, 0.1) is 0 Å². The standard InChI is InChI=1S/C21H26ClN3O5S/c1-24(29-2)31(27,28)20-12-17(8-9-19(20)22)21(26)23-13-18-15-25(10-11-30-18)14-16-6-4-3-5-7-16/h3-9,12,18H,10-11,13-15H2,1-2H3,(H,23,26). The van der Waals surface area contributed by atoms with Crippen LogP contribution in [0.3, 0.4) is 0 Å². The maximum absolute atomic E-state index is 12.6. The molecule has 1 aliphatic heterocycles. The quantitative estimate of drug-likeness (QED) is 0.598. The molecule has 1 amide bonds. The van der Waals surface area contributed by atoms with Gasteiger partial charge in [0, 0.05) is 38.8 Å². The van der Waals surface area contributed by atoms with Crippen LogP contribution in [0.25, 0.3) is 0 Å². The minimum atomic E-state index is -3.98. The Morgan fingerprint density at radius 3 is 2.74 bits per heavy atom. The van der Waals surface area contributed by atoms with Crippen LogP contribution in [0.1, 0.15) is 15.9 Å². The van der Waals surface area contributed by atoms with Crippen molar-refractivity contribution in [3.05, 3.63) is 64.7 Å². The van der Waals surface area contributed by atoms with Crippen molar-refractivity contribution in [2.24, 2.45) is 0 Å². The highest BCUT2D eigenvalue weighted by Crippen LogP contribution is 2.25. The minimum absolute atomic E-state index is 0.00705. The fourth-order valence-electron chi connectivity index (χ4n) is 3.28. The molecular formula is C21H26ClN3O5S. The van der Waals surface area contributed by atoms with Gasteiger partial charge in [-0.15, -0.1) is 0 Å². The summed E-state index contributed by atoms with van der Waals surface area (Å²) in [4.78, 5) is 19.5. The number of carbonyl (C=O) groups excluding carboxylic acids is 1. The summed E-state index contributed by atoms with van der Waals surface area (Å²) >= 11 is 6.05. The fourth-order valence-corrected chi connectivity index (χ4v) is 4.75. The molecule has 1 unspecified atom stereocenters. The second-order valence-corrected chi connectivity index (χ2v) is 9.48. The molecule has 0 saturated carbocycles. The molecule has 1 fully saturated rings. The Balaban J connectivity index is 1.61. The fraction of sp³-hybridized carbons (Fsp3) is 0.381. The lowest BCUT2D eigenvalue weighted by Gasteiger charge is -2.33. The number of nitrogens with one attached hydrogen (secondary N) is 1. The van der Waals surface area contributed by atoms with E-state index in [1.807, 2.05) is 18.2 Å². The number of benzene rings is 2. The second-order valence-electron chi connectivity index (χ2n) is 7.17. The molecule has 10 heteroatoms. The van der Waals surface area contributed by atoms with E-state index in [4.69, 9.17) is 21.2 Å². The number of ether oxygens (including phenoxy) is 1. The van der Waals surface area contributed by atoms with Gasteiger partial charge in [-0.1, -0.05) is 46.4 Å². The molecule has 0 aromatic heterocycles. The average molecular weight is 468 g/mol. The Bertz CT molecular complexity index is 1000. The SMILES string of the molecule is CON(C)S(=O)(=O)c1cc(C(=O)NCC2CN(Cc3ccccc3)CCO2)ccc1Cl. The van der Waals surface area contributed by atoms with Crippen LogP contribution in [0.2, 0.25) is 5.02 Å². The zero-order chi connectivity index (χ0) is 22.4. The van der Waals surface area contributed by atoms with Gasteiger partial charge in [0.1, 0.15) is 4.90 Å². The summed E-state index contributed by atoms with van der Waals surface area (Å²) in [7, 11) is -1.50. The highest BCUT2D eigenvalue weighted by atomic mass is 35.5. The summed E-state index contributed by atoms with van der Waals surface area (Å²) < 4.78 is 31.5. The zero-order valence-electron chi connectivity index (χ0n) is 17.5. The number of amides is 1. The minimum Gasteiger partial charge on any atom is -0.374 e. The largest absolute Gasteiger partial charge is 0.374 e. The third-order valence-electron chi connectivity index (χ3n) is 5.03. The van der Waals surface area contributed by atoms with Crippen molar-refractivity contribution < 1.29 is 22.8 Å². The van der Waals surface area contributed by atoms with Gasteiger partial charge in [0.2, 0.25) is 0 Å². The summed E-state index contributed by atoms with van der Waals surface area (Å²) in [5.74, 6) is -0.406. The van der Waals surface area contributed by atoms with Crippen molar-refractivity contribution in [3.63, 3.8) is 0 Å². The van der Waals surface area contributed by atoms with Gasteiger partial charge in [-0.2, -0.15) is 0 Å². The number of hydrogen-bond acceptors (Lipinski definition) is 6. The van der Waals surface area contributed by atoms with E-state index >= 15 is 0 Å². The van der Waals surface area contributed by atoms with Crippen LogP contribution in [-0.4, -0.2) is 70.2 Å². The Morgan fingerprint density at radius 2 is 2.03 bits per heavy atom. The lowest BCUT2D eigenvalue weighted by Crippen LogP contribution is -2.47. The predicted octanol–water partition coefficient (Wildman–Crippen LogP) is 2.15. The van der Waals surface area contributed by atoms with Crippen LogP contribution in [0.15, 0.2) is 53.4 Å². The van der Waals surface area contributed by atoms with Crippen molar-refractivity contribution in [3.8, 4) is 0 Å². The number of morpholine rings is 1. The third-order valence-corrected chi connectivity index (χ3v) is 7.19. The van der Waals surface area contributed by atoms with Crippen molar-refractivity contribution >= 4 is 27.5 Å². The first-order valence-corrected chi connectivity index (χ1v) is 11.6. The zero-order valence-corrected chi connectivity index (χ0v) is 19.0. The smallest absolute Gasteiger partial charge is 0.266 e. The maximum atomic E-state index is 12.6. The van der Waals surface area contributed by atoms with E-state index in [0.29, 0.717) is 24.2 Å². The molecule has 1 saturated heterocycles. The molecular weight excluding hydrogens is 442 g/mol. The van der Waals surface area contributed by atoms with Crippen molar-refractivity contribution in [1.82, 2.24) is 14.7 Å². The van der Waals surface area contributed by atoms with Crippen LogP contribution in [0.5, 0.6) is 0 Å². The number of hydroxylamine groups is 1. The van der Waals surface area contributed by atoms with Crippen molar-refractivity contribution in [1.29, 1.82) is 0 Å². The molecule has 168 valence electrons. The number of nitrogens with zero attached hydrogens (tertiary/aromatic N) is 2. The van der Waals surface area contributed by atoms with E-state index in [9.17, 15) is 13.2 Å². The number of hydrogen-bond donors (Lipinski definition) is 1. The van der Waals surface area contributed by atoms with Crippen molar-refractivity contribution in [2.45, 2.75) is 17.5 Å². The van der Waals surface area contributed by atoms with Gasteiger partial charge < -0.3 is 10.1 Å². The first-order chi connectivity index (χ1) is 14.8. The molecule has 0 aliphatic carbocycles. The van der Waals surface area contributed by atoms with Crippen LogP contribution in [-0.2, 0) is 26.1 Å². The van der Waals surface area contributed by atoms with E-state index in [1.54, 1.807) is 0 Å². The van der Waals surface area contributed by atoms with Gasteiger partial charge in [-0.25, -0.2) is 8.42 Å². The van der Waals surface area contributed by atoms with Gasteiger partial charge >= 0.3 is 0 Å². The van der Waals surface area contributed by atoms with E-state index < -0.39 is 15.9 Å². The summed E-state index contributed by atoms with van der Waals surface area (Å²) in [6.45, 7) is 3.23. The van der Waals surface area contributed by atoms with Gasteiger partial charge in [0.05, 0.1) is 24.8 Å².